The molecule has 2 aliphatic heterocycles. The molecule has 0 radical (unpaired) electrons. The average Bonchev–Trinajstić information content (AvgIpc) is 3.54. The summed E-state index contributed by atoms with van der Waals surface area (Å²) in [6.07, 6.45) is 5.10. The first-order valence-electron chi connectivity index (χ1n) is 12.2. The van der Waals surface area contributed by atoms with E-state index in [1.54, 1.807) is 24.3 Å². The Kier molecular flexibility index (Phi) is 4.87. The van der Waals surface area contributed by atoms with Crippen molar-refractivity contribution < 1.29 is 14.4 Å². The van der Waals surface area contributed by atoms with Crippen molar-refractivity contribution in [1.82, 2.24) is 4.90 Å². The van der Waals surface area contributed by atoms with Gasteiger partial charge in [0.15, 0.2) is 0 Å². The van der Waals surface area contributed by atoms with Gasteiger partial charge < -0.3 is 9.80 Å². The highest BCUT2D eigenvalue weighted by molar-refractivity contribution is 6.23. The van der Waals surface area contributed by atoms with Gasteiger partial charge in [-0.25, -0.2) is 4.90 Å². The number of allylic oxidation sites excluding steroid dienone is 2. The van der Waals surface area contributed by atoms with Crippen molar-refractivity contribution >= 4 is 29.1 Å². The smallest absolute Gasteiger partial charge is 0.254 e. The predicted molar refractivity (Wildman–Crippen MR) is 131 cm³/mol. The van der Waals surface area contributed by atoms with E-state index in [2.05, 4.69) is 49.1 Å². The lowest BCUT2D eigenvalue weighted by Gasteiger charge is -2.37. The minimum atomic E-state index is -0.236. The molecule has 6 heteroatoms. The van der Waals surface area contributed by atoms with E-state index in [1.165, 1.54) is 21.7 Å². The van der Waals surface area contributed by atoms with Crippen LogP contribution in [0.15, 0.2) is 54.6 Å². The number of rotatable bonds is 3. The number of benzene rings is 2. The summed E-state index contributed by atoms with van der Waals surface area (Å²) in [6, 6.07) is 13.4. The molecule has 2 bridgehead atoms. The lowest BCUT2D eigenvalue weighted by atomic mass is 9.85. The molecule has 174 valence electrons. The van der Waals surface area contributed by atoms with Gasteiger partial charge in [0.2, 0.25) is 11.8 Å². The molecule has 2 aliphatic carbocycles. The maximum Gasteiger partial charge on any atom is 0.254 e. The minimum Gasteiger partial charge on any atom is -0.368 e. The number of hydrogen-bond acceptors (Lipinski definition) is 4. The number of amides is 3. The molecular weight excluding hydrogens is 426 g/mol. The van der Waals surface area contributed by atoms with Crippen LogP contribution in [0.4, 0.5) is 11.4 Å². The van der Waals surface area contributed by atoms with E-state index in [0.29, 0.717) is 24.3 Å². The standard InChI is InChI=1S/C28H29N3O3/c1-17-5-3-8-23(18(17)2)29-11-13-30(14-12-29)26(32)21-6-4-7-22(16-21)31-27(33)24-19-9-10-20(15-19)25(24)28(31)34/h3-10,16,19-20,24-25H,11-15H2,1-2H3. The van der Waals surface area contributed by atoms with Gasteiger partial charge in [0.1, 0.15) is 0 Å². The molecular formula is C28H29N3O3. The fourth-order valence-corrected chi connectivity index (χ4v) is 6.35. The van der Waals surface area contributed by atoms with Gasteiger partial charge in [0.25, 0.3) is 5.91 Å². The second-order valence-corrected chi connectivity index (χ2v) is 10.1. The third-order valence-electron chi connectivity index (χ3n) is 8.31. The van der Waals surface area contributed by atoms with Crippen molar-refractivity contribution in [3.63, 3.8) is 0 Å². The average molecular weight is 456 g/mol. The zero-order valence-corrected chi connectivity index (χ0v) is 19.6. The minimum absolute atomic E-state index is 0.0523. The van der Waals surface area contributed by atoms with Crippen molar-refractivity contribution in [3.8, 4) is 0 Å². The molecule has 6 rings (SSSR count). The lowest BCUT2D eigenvalue weighted by Crippen LogP contribution is -2.49. The summed E-state index contributed by atoms with van der Waals surface area (Å²) in [5.41, 5.74) is 4.82. The zero-order valence-electron chi connectivity index (χ0n) is 19.6. The molecule has 2 aromatic rings. The Hall–Kier alpha value is -3.41. The highest BCUT2D eigenvalue weighted by Crippen LogP contribution is 2.53. The van der Waals surface area contributed by atoms with E-state index >= 15 is 0 Å². The fraction of sp³-hybridized carbons (Fsp3) is 0.393. The van der Waals surface area contributed by atoms with Crippen LogP contribution in [0.1, 0.15) is 27.9 Å². The van der Waals surface area contributed by atoms with Crippen LogP contribution in [0, 0.1) is 37.5 Å². The van der Waals surface area contributed by atoms with E-state index in [0.717, 1.165) is 19.5 Å². The summed E-state index contributed by atoms with van der Waals surface area (Å²) in [5, 5.41) is 0. The molecule has 0 spiro atoms. The first-order valence-corrected chi connectivity index (χ1v) is 12.2. The van der Waals surface area contributed by atoms with Gasteiger partial charge in [0.05, 0.1) is 17.5 Å². The Labute approximate surface area is 199 Å². The van der Waals surface area contributed by atoms with Gasteiger partial charge in [-0.3, -0.25) is 14.4 Å². The zero-order chi connectivity index (χ0) is 23.6. The molecule has 0 aromatic heterocycles. The molecule has 2 heterocycles. The molecule has 3 amide bonds. The fourth-order valence-electron chi connectivity index (χ4n) is 6.35. The number of imide groups is 1. The molecule has 0 N–H and O–H groups in total. The highest BCUT2D eigenvalue weighted by atomic mass is 16.2. The molecule has 4 aliphatic rings. The summed E-state index contributed by atoms with van der Waals surface area (Å²) in [4.78, 5) is 45.2. The summed E-state index contributed by atoms with van der Waals surface area (Å²) in [6.45, 7) is 7.09. The molecule has 4 unspecified atom stereocenters. The van der Waals surface area contributed by atoms with Crippen LogP contribution >= 0.6 is 0 Å². The second kappa shape index (κ2) is 7.83. The number of fused-ring (bicyclic) bond motifs is 5. The number of aryl methyl sites for hydroxylation is 1. The molecule has 2 aromatic carbocycles. The summed E-state index contributed by atoms with van der Waals surface area (Å²) in [5.74, 6) is -0.398. The Bertz CT molecular complexity index is 1200. The Morgan fingerprint density at radius 3 is 2.18 bits per heavy atom. The maximum atomic E-state index is 13.3. The van der Waals surface area contributed by atoms with Crippen LogP contribution in [0.25, 0.3) is 0 Å². The first kappa shape index (κ1) is 21.1. The SMILES string of the molecule is Cc1cccc(N2CCN(C(=O)c3cccc(N4C(=O)C5C6C=CC(C6)C5C4=O)c3)CC2)c1C. The molecule has 3 fully saturated rings. The van der Waals surface area contributed by atoms with Gasteiger partial charge >= 0.3 is 0 Å². The van der Waals surface area contributed by atoms with E-state index in [1.807, 2.05) is 4.90 Å². The third kappa shape index (κ3) is 3.11. The van der Waals surface area contributed by atoms with E-state index in [-0.39, 0.29) is 41.4 Å². The van der Waals surface area contributed by atoms with Gasteiger partial charge in [0, 0.05) is 37.4 Å². The first-order chi connectivity index (χ1) is 16.4. The molecule has 2 saturated heterocycles. The van der Waals surface area contributed by atoms with Crippen LogP contribution in [0.3, 0.4) is 0 Å². The largest absolute Gasteiger partial charge is 0.368 e. The number of carbonyl (C=O) groups is 3. The predicted octanol–water partition coefficient (Wildman–Crippen LogP) is 3.58. The van der Waals surface area contributed by atoms with Gasteiger partial charge in [-0.2, -0.15) is 0 Å². The highest BCUT2D eigenvalue weighted by Gasteiger charge is 2.59. The summed E-state index contributed by atoms with van der Waals surface area (Å²) >= 11 is 0. The van der Waals surface area contributed by atoms with Crippen molar-refractivity contribution in [2.24, 2.45) is 23.7 Å². The Morgan fingerprint density at radius 2 is 1.50 bits per heavy atom. The Balaban J connectivity index is 1.17. The van der Waals surface area contributed by atoms with Gasteiger partial charge in [-0.15, -0.1) is 0 Å². The van der Waals surface area contributed by atoms with Crippen LogP contribution < -0.4 is 9.80 Å². The monoisotopic (exact) mass is 455 g/mol. The van der Waals surface area contributed by atoms with E-state index in [4.69, 9.17) is 0 Å². The van der Waals surface area contributed by atoms with Crippen molar-refractivity contribution in [1.29, 1.82) is 0 Å². The summed E-state index contributed by atoms with van der Waals surface area (Å²) < 4.78 is 0. The van der Waals surface area contributed by atoms with Gasteiger partial charge in [-0.05, 0) is 67.5 Å². The molecule has 4 atom stereocenters. The topological polar surface area (TPSA) is 60.9 Å². The number of hydrogen-bond donors (Lipinski definition) is 0. The molecule has 1 saturated carbocycles. The van der Waals surface area contributed by atoms with Crippen molar-refractivity contribution in [2.45, 2.75) is 20.3 Å². The van der Waals surface area contributed by atoms with Gasteiger partial charge in [-0.1, -0.05) is 30.4 Å². The third-order valence-corrected chi connectivity index (χ3v) is 8.31. The van der Waals surface area contributed by atoms with Crippen molar-refractivity contribution in [2.75, 3.05) is 36.0 Å². The summed E-state index contributed by atoms with van der Waals surface area (Å²) in [7, 11) is 0. The number of carbonyl (C=O) groups excluding carboxylic acids is 3. The van der Waals surface area contributed by atoms with E-state index in [9.17, 15) is 14.4 Å². The molecule has 6 nitrogen and oxygen atoms in total. The number of nitrogens with zero attached hydrogens (tertiary/aromatic N) is 3. The lowest BCUT2D eigenvalue weighted by molar-refractivity contribution is -0.123. The molecule has 34 heavy (non-hydrogen) atoms. The Morgan fingerprint density at radius 1 is 0.853 bits per heavy atom. The maximum absolute atomic E-state index is 13.3. The van der Waals surface area contributed by atoms with Crippen LogP contribution in [-0.2, 0) is 9.59 Å². The quantitative estimate of drug-likeness (QED) is 0.524. The van der Waals surface area contributed by atoms with Crippen LogP contribution in [-0.4, -0.2) is 48.8 Å². The normalized spacial score (nSPS) is 27.6. The van der Waals surface area contributed by atoms with E-state index < -0.39 is 0 Å². The van der Waals surface area contributed by atoms with Crippen LogP contribution in [0.5, 0.6) is 0 Å². The number of anilines is 2. The second-order valence-electron chi connectivity index (χ2n) is 10.1. The van der Waals surface area contributed by atoms with Crippen molar-refractivity contribution in [3.05, 3.63) is 71.3 Å². The van der Waals surface area contributed by atoms with Crippen LogP contribution in [0.2, 0.25) is 0 Å². The number of piperazine rings is 1.